The fraction of sp³-hybridized carbons (Fsp3) is 0.100. The molecule has 1 nitrogen and oxygen atoms in total. The van der Waals surface area contributed by atoms with Gasteiger partial charge in [0.1, 0.15) is 6.07 Å². The molecule has 0 amide bonds. The molecular formula is C10H8ClNS. The van der Waals surface area contributed by atoms with Crippen molar-refractivity contribution >= 4 is 29.4 Å². The topological polar surface area (TPSA) is 23.8 Å². The fourth-order valence-corrected chi connectivity index (χ4v) is 1.32. The molecule has 0 N–H and O–H groups in total. The summed E-state index contributed by atoms with van der Waals surface area (Å²) in [4.78, 5) is 0.697. The molecule has 13 heavy (non-hydrogen) atoms. The van der Waals surface area contributed by atoms with Gasteiger partial charge in [-0.25, -0.2) is 0 Å². The Bertz CT molecular complexity index is 348. The molecule has 0 fully saturated rings. The second kappa shape index (κ2) is 4.96. The molecule has 1 aromatic rings. The lowest BCUT2D eigenvalue weighted by Gasteiger charge is -1.94. The number of rotatable bonds is 2. The number of hydrogen-bond donors (Lipinski definition) is 0. The summed E-state index contributed by atoms with van der Waals surface area (Å²) in [7, 11) is 0. The van der Waals surface area contributed by atoms with E-state index in [2.05, 4.69) is 6.07 Å². The van der Waals surface area contributed by atoms with Gasteiger partial charge in [0.2, 0.25) is 0 Å². The Morgan fingerprint density at radius 2 is 2.08 bits per heavy atom. The maximum absolute atomic E-state index is 8.68. The minimum Gasteiger partial charge on any atom is -0.192 e. The number of nitriles is 1. The first-order valence-electron chi connectivity index (χ1n) is 3.67. The van der Waals surface area contributed by atoms with Crippen LogP contribution in [0.3, 0.4) is 0 Å². The van der Waals surface area contributed by atoms with Crippen LogP contribution in [-0.2, 0) is 0 Å². The van der Waals surface area contributed by atoms with E-state index in [1.54, 1.807) is 0 Å². The van der Waals surface area contributed by atoms with Gasteiger partial charge in [0, 0.05) is 5.02 Å². The van der Waals surface area contributed by atoms with E-state index in [0.717, 1.165) is 5.56 Å². The maximum atomic E-state index is 8.68. The van der Waals surface area contributed by atoms with Crippen molar-refractivity contribution in [3.8, 4) is 6.07 Å². The standard InChI is InChI=1S/C10H8ClNS/c1-13-10(7-12)6-8-2-4-9(11)5-3-8/h2-6H,1H3/b10-6-. The Kier molecular flexibility index (Phi) is 3.88. The molecule has 0 bridgehead atoms. The largest absolute Gasteiger partial charge is 0.192 e. The monoisotopic (exact) mass is 209 g/mol. The van der Waals surface area contributed by atoms with E-state index < -0.39 is 0 Å². The molecule has 0 aliphatic rings. The van der Waals surface area contributed by atoms with Crippen molar-refractivity contribution in [2.24, 2.45) is 0 Å². The number of nitrogens with zero attached hydrogens (tertiary/aromatic N) is 1. The molecule has 0 aliphatic carbocycles. The lowest BCUT2D eigenvalue weighted by atomic mass is 10.2. The quantitative estimate of drug-likeness (QED) is 0.696. The Morgan fingerprint density at radius 3 is 2.54 bits per heavy atom. The zero-order chi connectivity index (χ0) is 9.68. The predicted octanol–water partition coefficient (Wildman–Crippen LogP) is 3.57. The normalized spacial score (nSPS) is 11.0. The summed E-state index contributed by atoms with van der Waals surface area (Å²) in [5.41, 5.74) is 0.996. The summed E-state index contributed by atoms with van der Waals surface area (Å²) in [6.07, 6.45) is 3.71. The Balaban J connectivity index is 2.92. The molecular weight excluding hydrogens is 202 g/mol. The van der Waals surface area contributed by atoms with Gasteiger partial charge in [-0.15, -0.1) is 11.8 Å². The summed E-state index contributed by atoms with van der Waals surface area (Å²) < 4.78 is 0. The molecule has 1 aromatic carbocycles. The number of benzene rings is 1. The lowest BCUT2D eigenvalue weighted by molar-refractivity contribution is 1.53. The highest BCUT2D eigenvalue weighted by Crippen LogP contribution is 2.16. The third kappa shape index (κ3) is 3.14. The van der Waals surface area contributed by atoms with Gasteiger partial charge >= 0.3 is 0 Å². The van der Waals surface area contributed by atoms with E-state index in [-0.39, 0.29) is 0 Å². The van der Waals surface area contributed by atoms with Gasteiger partial charge in [0.25, 0.3) is 0 Å². The van der Waals surface area contributed by atoms with Crippen LogP contribution < -0.4 is 0 Å². The molecule has 0 heterocycles. The second-order valence-corrected chi connectivity index (χ2v) is 3.66. The summed E-state index contributed by atoms with van der Waals surface area (Å²) in [5.74, 6) is 0. The zero-order valence-corrected chi connectivity index (χ0v) is 8.69. The van der Waals surface area contributed by atoms with E-state index in [4.69, 9.17) is 16.9 Å². The van der Waals surface area contributed by atoms with Crippen molar-refractivity contribution in [3.63, 3.8) is 0 Å². The van der Waals surface area contributed by atoms with Gasteiger partial charge < -0.3 is 0 Å². The number of hydrogen-bond acceptors (Lipinski definition) is 2. The van der Waals surface area contributed by atoms with E-state index >= 15 is 0 Å². The van der Waals surface area contributed by atoms with Crippen LogP contribution in [0.5, 0.6) is 0 Å². The highest BCUT2D eigenvalue weighted by atomic mass is 35.5. The average molecular weight is 210 g/mol. The minimum atomic E-state index is 0.697. The first kappa shape index (κ1) is 10.2. The van der Waals surface area contributed by atoms with Crippen LogP contribution in [-0.4, -0.2) is 6.26 Å². The third-order valence-corrected chi connectivity index (χ3v) is 2.40. The molecule has 0 unspecified atom stereocenters. The summed E-state index contributed by atoms with van der Waals surface area (Å²) in [6, 6.07) is 9.49. The predicted molar refractivity (Wildman–Crippen MR) is 58.6 cm³/mol. The van der Waals surface area contributed by atoms with Gasteiger partial charge in [-0.2, -0.15) is 5.26 Å². The van der Waals surface area contributed by atoms with Gasteiger partial charge in [-0.1, -0.05) is 23.7 Å². The first-order valence-corrected chi connectivity index (χ1v) is 5.28. The highest BCUT2D eigenvalue weighted by molar-refractivity contribution is 8.02. The van der Waals surface area contributed by atoms with E-state index in [1.807, 2.05) is 36.6 Å². The lowest BCUT2D eigenvalue weighted by Crippen LogP contribution is -1.73. The van der Waals surface area contributed by atoms with Crippen molar-refractivity contribution in [2.45, 2.75) is 0 Å². The van der Waals surface area contributed by atoms with Crippen molar-refractivity contribution in [3.05, 3.63) is 39.8 Å². The summed E-state index contributed by atoms with van der Waals surface area (Å²) in [5, 5.41) is 9.38. The molecule has 0 aliphatic heterocycles. The molecule has 1 rings (SSSR count). The van der Waals surface area contributed by atoms with Gasteiger partial charge in [-0.3, -0.25) is 0 Å². The minimum absolute atomic E-state index is 0.697. The van der Waals surface area contributed by atoms with Gasteiger partial charge in [0.15, 0.2) is 0 Å². The van der Waals surface area contributed by atoms with Crippen LogP contribution in [0.15, 0.2) is 29.2 Å². The van der Waals surface area contributed by atoms with Crippen molar-refractivity contribution < 1.29 is 0 Å². The van der Waals surface area contributed by atoms with Gasteiger partial charge in [-0.05, 0) is 30.0 Å². The first-order chi connectivity index (χ1) is 6.26. The number of thioether (sulfide) groups is 1. The smallest absolute Gasteiger partial charge is 0.106 e. The molecule has 3 heteroatoms. The van der Waals surface area contributed by atoms with Crippen LogP contribution in [0, 0.1) is 11.3 Å². The van der Waals surface area contributed by atoms with E-state index in [0.29, 0.717) is 9.93 Å². The Hall–Kier alpha value is -0.910. The number of allylic oxidation sites excluding steroid dienone is 1. The molecule has 0 atom stereocenters. The highest BCUT2D eigenvalue weighted by Gasteiger charge is 1.93. The van der Waals surface area contributed by atoms with Crippen molar-refractivity contribution in [2.75, 3.05) is 6.26 Å². The second-order valence-electron chi connectivity index (χ2n) is 2.38. The van der Waals surface area contributed by atoms with Crippen molar-refractivity contribution in [1.29, 1.82) is 5.26 Å². The van der Waals surface area contributed by atoms with Crippen molar-refractivity contribution in [1.82, 2.24) is 0 Å². The molecule has 0 saturated heterocycles. The van der Waals surface area contributed by atoms with Gasteiger partial charge in [0.05, 0.1) is 4.91 Å². The molecule has 66 valence electrons. The van der Waals surface area contributed by atoms with Crippen LogP contribution in [0.25, 0.3) is 6.08 Å². The summed E-state index contributed by atoms with van der Waals surface area (Å²) in [6.45, 7) is 0. The molecule has 0 radical (unpaired) electrons. The van der Waals surface area contributed by atoms with E-state index in [9.17, 15) is 0 Å². The van der Waals surface area contributed by atoms with E-state index in [1.165, 1.54) is 11.8 Å². The van der Waals surface area contributed by atoms with Crippen LogP contribution >= 0.6 is 23.4 Å². The zero-order valence-electron chi connectivity index (χ0n) is 7.12. The summed E-state index contributed by atoms with van der Waals surface area (Å²) >= 11 is 7.16. The molecule has 0 spiro atoms. The average Bonchev–Trinajstić information content (AvgIpc) is 2.17. The molecule has 0 aromatic heterocycles. The third-order valence-electron chi connectivity index (χ3n) is 1.50. The maximum Gasteiger partial charge on any atom is 0.106 e. The SMILES string of the molecule is CS/C(C#N)=C\c1ccc(Cl)cc1. The fourth-order valence-electron chi connectivity index (χ4n) is 0.847. The van der Waals surface area contributed by atoms with Crippen LogP contribution in [0.1, 0.15) is 5.56 Å². The van der Waals surface area contributed by atoms with Crippen LogP contribution in [0.2, 0.25) is 5.02 Å². The Morgan fingerprint density at radius 1 is 1.46 bits per heavy atom. The molecule has 0 saturated carbocycles. The Labute approximate surface area is 87.0 Å². The van der Waals surface area contributed by atoms with Crippen LogP contribution in [0.4, 0.5) is 0 Å². The number of halogens is 1.